The maximum Gasteiger partial charge on any atom is 0.224 e. The van der Waals surface area contributed by atoms with Crippen molar-refractivity contribution in [2.75, 3.05) is 14.2 Å². The van der Waals surface area contributed by atoms with Crippen molar-refractivity contribution in [3.05, 3.63) is 43.0 Å². The zero-order valence-corrected chi connectivity index (χ0v) is 12.7. The first-order chi connectivity index (χ1) is 11.3. The number of nitrogens with zero attached hydrogens (tertiary/aromatic N) is 3. The van der Waals surface area contributed by atoms with Crippen LogP contribution in [0.1, 0.15) is 0 Å². The van der Waals surface area contributed by atoms with Crippen molar-refractivity contribution in [1.82, 2.24) is 19.9 Å². The molecule has 0 saturated carbocycles. The third-order valence-corrected chi connectivity index (χ3v) is 3.86. The Morgan fingerprint density at radius 3 is 2.74 bits per heavy atom. The van der Waals surface area contributed by atoms with Gasteiger partial charge in [-0.05, 0) is 23.8 Å². The highest BCUT2D eigenvalue weighted by Crippen LogP contribution is 2.36. The summed E-state index contributed by atoms with van der Waals surface area (Å²) in [6, 6.07) is 7.84. The number of methoxy groups -OCH3 is 2. The van der Waals surface area contributed by atoms with Gasteiger partial charge in [-0.15, -0.1) is 0 Å². The normalized spacial score (nSPS) is 11.0. The van der Waals surface area contributed by atoms with E-state index in [1.165, 1.54) is 6.33 Å². The quantitative estimate of drug-likeness (QED) is 0.629. The molecule has 6 nitrogen and oxygen atoms in total. The number of fused-ring (bicyclic) bond motifs is 2. The lowest BCUT2D eigenvalue weighted by Gasteiger charge is -2.07. The molecular formula is C17H14N4O2. The van der Waals surface area contributed by atoms with Crippen molar-refractivity contribution in [2.45, 2.75) is 0 Å². The topological polar surface area (TPSA) is 72.9 Å². The van der Waals surface area contributed by atoms with E-state index in [1.807, 2.05) is 30.5 Å². The van der Waals surface area contributed by atoms with Crippen LogP contribution in [0.15, 0.2) is 43.0 Å². The van der Waals surface area contributed by atoms with Gasteiger partial charge in [0, 0.05) is 18.0 Å². The fraction of sp³-hybridized carbons (Fsp3) is 0.118. The van der Waals surface area contributed by atoms with E-state index in [2.05, 4.69) is 19.9 Å². The molecular weight excluding hydrogens is 292 g/mol. The van der Waals surface area contributed by atoms with Gasteiger partial charge in [0.2, 0.25) is 5.88 Å². The molecule has 0 atom stereocenters. The number of hydrogen-bond acceptors (Lipinski definition) is 5. The van der Waals surface area contributed by atoms with Gasteiger partial charge in [-0.1, -0.05) is 6.07 Å². The van der Waals surface area contributed by atoms with Crippen molar-refractivity contribution in [2.24, 2.45) is 0 Å². The Labute approximate surface area is 132 Å². The van der Waals surface area contributed by atoms with Gasteiger partial charge < -0.3 is 14.5 Å². The molecule has 0 aliphatic heterocycles. The van der Waals surface area contributed by atoms with Gasteiger partial charge in [0.1, 0.15) is 17.7 Å². The Hall–Kier alpha value is -3.15. The maximum atomic E-state index is 5.47. The van der Waals surface area contributed by atoms with E-state index >= 15 is 0 Å². The number of benzene rings is 1. The maximum absolute atomic E-state index is 5.47. The Morgan fingerprint density at radius 1 is 1.00 bits per heavy atom. The summed E-state index contributed by atoms with van der Waals surface area (Å²) in [5.41, 5.74) is 3.65. The minimum Gasteiger partial charge on any atom is -0.496 e. The van der Waals surface area contributed by atoms with E-state index in [-0.39, 0.29) is 0 Å². The predicted molar refractivity (Wildman–Crippen MR) is 87.7 cm³/mol. The molecule has 0 unspecified atom stereocenters. The number of aromatic amines is 1. The van der Waals surface area contributed by atoms with Crippen LogP contribution in [0.3, 0.4) is 0 Å². The van der Waals surface area contributed by atoms with Gasteiger partial charge in [-0.2, -0.15) is 0 Å². The molecule has 0 bridgehead atoms. The zero-order valence-electron chi connectivity index (χ0n) is 12.7. The second-order valence-electron chi connectivity index (χ2n) is 5.05. The molecule has 23 heavy (non-hydrogen) atoms. The van der Waals surface area contributed by atoms with Crippen LogP contribution < -0.4 is 9.47 Å². The molecule has 114 valence electrons. The summed E-state index contributed by atoms with van der Waals surface area (Å²) < 4.78 is 10.8. The SMILES string of the molecule is COc1ncnc2ccc(-c3c[nH]c4nccc(OC)c34)cc12. The Bertz CT molecular complexity index is 1010. The largest absolute Gasteiger partial charge is 0.496 e. The third kappa shape index (κ3) is 2.07. The van der Waals surface area contributed by atoms with E-state index in [9.17, 15) is 0 Å². The molecule has 0 fully saturated rings. The zero-order chi connectivity index (χ0) is 15.8. The van der Waals surface area contributed by atoms with Crippen LogP contribution in [0.5, 0.6) is 11.6 Å². The molecule has 0 aliphatic rings. The summed E-state index contributed by atoms with van der Waals surface area (Å²) in [4.78, 5) is 16.0. The minimum atomic E-state index is 0.557. The van der Waals surface area contributed by atoms with E-state index in [0.29, 0.717) is 5.88 Å². The molecule has 0 spiro atoms. The monoisotopic (exact) mass is 306 g/mol. The van der Waals surface area contributed by atoms with Crippen LogP contribution in [0.4, 0.5) is 0 Å². The van der Waals surface area contributed by atoms with Crippen LogP contribution in [0.2, 0.25) is 0 Å². The molecule has 4 aromatic rings. The molecule has 1 N–H and O–H groups in total. The lowest BCUT2D eigenvalue weighted by atomic mass is 10.0. The van der Waals surface area contributed by atoms with E-state index in [1.54, 1.807) is 20.4 Å². The van der Waals surface area contributed by atoms with E-state index < -0.39 is 0 Å². The van der Waals surface area contributed by atoms with Crippen molar-refractivity contribution < 1.29 is 9.47 Å². The first-order valence-corrected chi connectivity index (χ1v) is 7.11. The van der Waals surface area contributed by atoms with Gasteiger partial charge >= 0.3 is 0 Å². The first kappa shape index (κ1) is 13.5. The van der Waals surface area contributed by atoms with Gasteiger partial charge in [-0.3, -0.25) is 0 Å². The fourth-order valence-electron chi connectivity index (χ4n) is 2.79. The van der Waals surface area contributed by atoms with Gasteiger partial charge in [-0.25, -0.2) is 15.0 Å². The second kappa shape index (κ2) is 5.24. The van der Waals surface area contributed by atoms with Crippen LogP contribution >= 0.6 is 0 Å². The molecule has 0 amide bonds. The molecule has 1 aromatic carbocycles. The van der Waals surface area contributed by atoms with Crippen molar-refractivity contribution in [3.63, 3.8) is 0 Å². The molecule has 3 heterocycles. The number of rotatable bonds is 3. The van der Waals surface area contributed by atoms with Crippen LogP contribution in [-0.2, 0) is 0 Å². The Balaban J connectivity index is 1.99. The third-order valence-electron chi connectivity index (χ3n) is 3.86. The number of nitrogens with one attached hydrogen (secondary N) is 1. The summed E-state index contributed by atoms with van der Waals surface area (Å²) in [7, 11) is 3.26. The number of pyridine rings is 1. The van der Waals surface area contributed by atoms with Gasteiger partial charge in [0.05, 0.1) is 30.5 Å². The van der Waals surface area contributed by atoms with Crippen molar-refractivity contribution in [3.8, 4) is 22.8 Å². The average molecular weight is 306 g/mol. The Morgan fingerprint density at radius 2 is 1.91 bits per heavy atom. The van der Waals surface area contributed by atoms with Gasteiger partial charge in [0.15, 0.2) is 0 Å². The van der Waals surface area contributed by atoms with Crippen LogP contribution in [0.25, 0.3) is 33.1 Å². The fourth-order valence-corrected chi connectivity index (χ4v) is 2.79. The number of hydrogen-bond donors (Lipinski definition) is 1. The highest BCUT2D eigenvalue weighted by atomic mass is 16.5. The van der Waals surface area contributed by atoms with E-state index in [4.69, 9.17) is 9.47 Å². The highest BCUT2D eigenvalue weighted by Gasteiger charge is 2.13. The lowest BCUT2D eigenvalue weighted by Crippen LogP contribution is -1.91. The minimum absolute atomic E-state index is 0.557. The number of H-pyrrole nitrogens is 1. The summed E-state index contributed by atoms with van der Waals surface area (Å²) in [5.74, 6) is 1.34. The molecule has 0 saturated heterocycles. The lowest BCUT2D eigenvalue weighted by molar-refractivity contribution is 0.402. The number of aromatic nitrogens is 4. The second-order valence-corrected chi connectivity index (χ2v) is 5.05. The Kier molecular flexibility index (Phi) is 3.08. The van der Waals surface area contributed by atoms with E-state index in [0.717, 1.165) is 38.8 Å². The number of ether oxygens (including phenoxy) is 2. The molecule has 0 radical (unpaired) electrons. The van der Waals surface area contributed by atoms with Gasteiger partial charge in [0.25, 0.3) is 0 Å². The summed E-state index contributed by atoms with van der Waals surface area (Å²) in [5, 5.41) is 1.81. The smallest absolute Gasteiger partial charge is 0.224 e. The standard InChI is InChI=1S/C17H14N4O2/c1-22-14-5-6-18-16-15(14)12(8-19-16)10-3-4-13-11(7-10)17(23-2)21-9-20-13/h3-9H,1-2H3,(H,18,19). The summed E-state index contributed by atoms with van der Waals surface area (Å²) in [6.45, 7) is 0. The summed E-state index contributed by atoms with van der Waals surface area (Å²) in [6.07, 6.45) is 5.15. The molecule has 6 heteroatoms. The average Bonchev–Trinajstić information content (AvgIpc) is 3.05. The van der Waals surface area contributed by atoms with Crippen LogP contribution in [0, 0.1) is 0 Å². The first-order valence-electron chi connectivity index (χ1n) is 7.11. The van der Waals surface area contributed by atoms with Crippen molar-refractivity contribution in [1.29, 1.82) is 0 Å². The van der Waals surface area contributed by atoms with Crippen molar-refractivity contribution >= 4 is 21.9 Å². The molecule has 3 aromatic heterocycles. The molecule has 0 aliphatic carbocycles. The predicted octanol–water partition coefficient (Wildman–Crippen LogP) is 3.19. The van der Waals surface area contributed by atoms with Crippen LogP contribution in [-0.4, -0.2) is 34.2 Å². The highest BCUT2D eigenvalue weighted by molar-refractivity contribution is 6.00. The molecule has 4 rings (SSSR count). The summed E-state index contributed by atoms with van der Waals surface area (Å²) >= 11 is 0.